The minimum Gasteiger partial charge on any atom is -0.495 e. The summed E-state index contributed by atoms with van der Waals surface area (Å²) in [6, 6.07) is 19.1. The maximum Gasteiger partial charge on any atom is 0.262 e. The molecule has 30 heavy (non-hydrogen) atoms. The Hall–Kier alpha value is -2.77. The number of fused-ring (bicyclic) bond motifs is 1. The van der Waals surface area contributed by atoms with Crippen LogP contribution in [0.15, 0.2) is 65.6 Å². The number of anilines is 2. The summed E-state index contributed by atoms with van der Waals surface area (Å²) in [5.74, 6) is 0.485. The molecule has 4 rings (SSSR count). The molecule has 2 N–H and O–H groups in total. The van der Waals surface area contributed by atoms with Crippen LogP contribution in [0, 0.1) is 0 Å². The molecule has 1 saturated heterocycles. The zero-order valence-corrected chi connectivity index (χ0v) is 18.2. The first-order valence-corrected chi connectivity index (χ1v) is 11.6. The predicted octanol–water partition coefficient (Wildman–Crippen LogP) is 3.84. The van der Waals surface area contributed by atoms with E-state index in [1.165, 1.54) is 0 Å². The van der Waals surface area contributed by atoms with E-state index in [4.69, 9.17) is 4.74 Å². The van der Waals surface area contributed by atoms with Crippen molar-refractivity contribution in [2.24, 2.45) is 0 Å². The van der Waals surface area contributed by atoms with Gasteiger partial charge in [-0.2, -0.15) is 0 Å². The fraction of sp³-hybridized carbons (Fsp3) is 0.304. The lowest BCUT2D eigenvalue weighted by molar-refractivity contribution is 0.406. The van der Waals surface area contributed by atoms with E-state index in [1.54, 1.807) is 19.2 Å². The molecule has 1 aliphatic rings. The lowest BCUT2D eigenvalue weighted by atomic mass is 10.1. The highest BCUT2D eigenvalue weighted by Crippen LogP contribution is 2.33. The Labute approximate surface area is 177 Å². The van der Waals surface area contributed by atoms with Crippen molar-refractivity contribution >= 4 is 32.2 Å². The summed E-state index contributed by atoms with van der Waals surface area (Å²) in [6.07, 6.45) is 0. The van der Waals surface area contributed by atoms with Gasteiger partial charge in [-0.1, -0.05) is 36.4 Å². The first-order chi connectivity index (χ1) is 14.4. The van der Waals surface area contributed by atoms with Gasteiger partial charge in [-0.15, -0.1) is 0 Å². The van der Waals surface area contributed by atoms with Crippen LogP contribution in [0.5, 0.6) is 5.75 Å². The van der Waals surface area contributed by atoms with E-state index in [0.29, 0.717) is 28.9 Å². The number of ether oxygens (including phenoxy) is 1. The Bertz CT molecular complexity index is 1150. The van der Waals surface area contributed by atoms with Crippen LogP contribution in [0.4, 0.5) is 11.4 Å². The van der Waals surface area contributed by atoms with E-state index in [-0.39, 0.29) is 4.90 Å². The topological polar surface area (TPSA) is 70.7 Å². The smallest absolute Gasteiger partial charge is 0.262 e. The molecule has 3 aromatic rings. The van der Waals surface area contributed by atoms with Crippen LogP contribution in [0.3, 0.4) is 0 Å². The van der Waals surface area contributed by atoms with Crippen molar-refractivity contribution in [3.63, 3.8) is 0 Å². The lowest BCUT2D eigenvalue weighted by Crippen LogP contribution is -2.54. The quantitative estimate of drug-likeness (QED) is 0.650. The highest BCUT2D eigenvalue weighted by molar-refractivity contribution is 7.93. The van der Waals surface area contributed by atoms with Gasteiger partial charge in [0, 0.05) is 36.2 Å². The van der Waals surface area contributed by atoms with Crippen LogP contribution in [-0.2, 0) is 10.0 Å². The Kier molecular flexibility index (Phi) is 5.58. The van der Waals surface area contributed by atoms with Crippen LogP contribution >= 0.6 is 0 Å². The van der Waals surface area contributed by atoms with Gasteiger partial charge in [0.15, 0.2) is 0 Å². The molecule has 0 spiro atoms. The van der Waals surface area contributed by atoms with Crippen LogP contribution in [0.2, 0.25) is 0 Å². The van der Waals surface area contributed by atoms with Gasteiger partial charge in [-0.05, 0) is 43.5 Å². The normalized spacial score (nSPS) is 19.6. The largest absolute Gasteiger partial charge is 0.495 e. The summed E-state index contributed by atoms with van der Waals surface area (Å²) in [5.41, 5.74) is 1.40. The number of methoxy groups -OCH3 is 1. The predicted molar refractivity (Wildman–Crippen MR) is 122 cm³/mol. The van der Waals surface area contributed by atoms with Gasteiger partial charge in [0.25, 0.3) is 10.0 Å². The number of rotatable bonds is 5. The van der Waals surface area contributed by atoms with Gasteiger partial charge in [-0.3, -0.25) is 4.72 Å². The van der Waals surface area contributed by atoms with Gasteiger partial charge >= 0.3 is 0 Å². The van der Waals surface area contributed by atoms with E-state index < -0.39 is 10.0 Å². The number of benzene rings is 3. The molecule has 3 aromatic carbocycles. The van der Waals surface area contributed by atoms with Crippen LogP contribution in [0.1, 0.15) is 13.8 Å². The van der Waals surface area contributed by atoms with E-state index in [0.717, 1.165) is 24.2 Å². The van der Waals surface area contributed by atoms with Gasteiger partial charge in [0.05, 0.1) is 17.7 Å². The van der Waals surface area contributed by atoms with Crippen molar-refractivity contribution in [3.8, 4) is 5.75 Å². The molecular weight excluding hydrogens is 398 g/mol. The minimum atomic E-state index is -3.80. The molecule has 7 heteroatoms. The third-order valence-electron chi connectivity index (χ3n) is 5.39. The number of sulfonamides is 1. The average Bonchev–Trinajstić information content (AvgIpc) is 2.72. The third kappa shape index (κ3) is 4.08. The highest BCUT2D eigenvalue weighted by Gasteiger charge is 2.23. The van der Waals surface area contributed by atoms with Crippen molar-refractivity contribution in [3.05, 3.63) is 60.7 Å². The first kappa shape index (κ1) is 20.5. The fourth-order valence-corrected chi connectivity index (χ4v) is 5.43. The molecule has 158 valence electrons. The number of hydrogen-bond donors (Lipinski definition) is 2. The third-order valence-corrected chi connectivity index (χ3v) is 6.81. The molecule has 6 nitrogen and oxygen atoms in total. The molecular formula is C23H27N3O3S. The second-order valence-corrected chi connectivity index (χ2v) is 9.49. The maximum absolute atomic E-state index is 13.3. The molecule has 0 unspecified atom stereocenters. The summed E-state index contributed by atoms with van der Waals surface area (Å²) >= 11 is 0. The summed E-state index contributed by atoms with van der Waals surface area (Å²) in [7, 11) is -2.26. The fourth-order valence-electron chi connectivity index (χ4n) is 4.14. The number of nitrogens with zero attached hydrogens (tertiary/aromatic N) is 1. The van der Waals surface area contributed by atoms with E-state index >= 15 is 0 Å². The number of hydrogen-bond acceptors (Lipinski definition) is 5. The maximum atomic E-state index is 13.3. The molecule has 0 radical (unpaired) electrons. The zero-order valence-electron chi connectivity index (χ0n) is 17.4. The van der Waals surface area contributed by atoms with Crippen LogP contribution in [-0.4, -0.2) is 40.7 Å². The summed E-state index contributed by atoms with van der Waals surface area (Å²) in [4.78, 5) is 2.51. The van der Waals surface area contributed by atoms with Gasteiger partial charge in [0.2, 0.25) is 0 Å². The first-order valence-electron chi connectivity index (χ1n) is 10.1. The van der Waals surface area contributed by atoms with Gasteiger partial charge in [-0.25, -0.2) is 8.42 Å². The monoisotopic (exact) mass is 425 g/mol. The van der Waals surface area contributed by atoms with E-state index in [9.17, 15) is 8.42 Å². The minimum absolute atomic E-state index is 0.248. The summed E-state index contributed by atoms with van der Waals surface area (Å²) < 4.78 is 34.8. The van der Waals surface area contributed by atoms with Crippen molar-refractivity contribution < 1.29 is 13.2 Å². The average molecular weight is 426 g/mol. The van der Waals surface area contributed by atoms with Crippen LogP contribution in [0.25, 0.3) is 10.8 Å². The molecule has 1 heterocycles. The Morgan fingerprint density at radius 1 is 1.00 bits per heavy atom. The molecule has 0 aliphatic carbocycles. The van der Waals surface area contributed by atoms with Crippen molar-refractivity contribution in [2.75, 3.05) is 29.8 Å². The standard InChI is InChI=1S/C23H27N3O3S/c1-16-14-26(15-17(2)24-16)19-11-12-22(29-3)21(13-19)25-30(27,28)23-10-6-8-18-7-4-5-9-20(18)23/h4-13,16-17,24-25H,14-15H2,1-3H3/t16-,17+. The summed E-state index contributed by atoms with van der Waals surface area (Å²) in [5, 5.41) is 5.08. The zero-order chi connectivity index (χ0) is 21.3. The van der Waals surface area contributed by atoms with Crippen molar-refractivity contribution in [1.82, 2.24) is 5.32 Å². The van der Waals surface area contributed by atoms with E-state index in [1.807, 2.05) is 48.5 Å². The molecule has 0 amide bonds. The SMILES string of the molecule is COc1ccc(N2C[C@@H](C)N[C@@H](C)C2)cc1NS(=O)(=O)c1cccc2ccccc12. The molecule has 2 atom stereocenters. The van der Waals surface area contributed by atoms with E-state index in [2.05, 4.69) is 28.8 Å². The molecule has 1 fully saturated rings. The van der Waals surface area contributed by atoms with Crippen LogP contribution < -0.4 is 19.7 Å². The Morgan fingerprint density at radius 3 is 2.43 bits per heavy atom. The molecule has 0 saturated carbocycles. The lowest BCUT2D eigenvalue weighted by Gasteiger charge is -2.38. The van der Waals surface area contributed by atoms with Crippen molar-refractivity contribution in [1.29, 1.82) is 0 Å². The van der Waals surface area contributed by atoms with Crippen molar-refractivity contribution in [2.45, 2.75) is 30.8 Å². The highest BCUT2D eigenvalue weighted by atomic mass is 32.2. The second kappa shape index (κ2) is 8.16. The second-order valence-electron chi connectivity index (χ2n) is 7.84. The number of nitrogens with one attached hydrogen (secondary N) is 2. The molecule has 0 aromatic heterocycles. The summed E-state index contributed by atoms with van der Waals surface area (Å²) in [6.45, 7) is 6.00. The Balaban J connectivity index is 1.71. The molecule has 0 bridgehead atoms. The number of piperazine rings is 1. The van der Waals surface area contributed by atoms with Gasteiger partial charge < -0.3 is 15.0 Å². The molecule has 1 aliphatic heterocycles. The van der Waals surface area contributed by atoms with Gasteiger partial charge in [0.1, 0.15) is 5.75 Å². The Morgan fingerprint density at radius 2 is 1.70 bits per heavy atom.